The molecule has 0 spiro atoms. The van der Waals surface area contributed by atoms with E-state index in [-0.39, 0.29) is 0 Å². The van der Waals surface area contributed by atoms with E-state index in [2.05, 4.69) is 10.4 Å². The smallest absolute Gasteiger partial charge is 0.331 e. The number of para-hydroxylation sites is 1. The Kier molecular flexibility index (Phi) is 7.44. The van der Waals surface area contributed by atoms with Gasteiger partial charge in [-0.3, -0.25) is 4.79 Å². The maximum atomic E-state index is 12.3. The molecule has 0 bridgehead atoms. The van der Waals surface area contributed by atoms with E-state index in [1.165, 1.54) is 13.0 Å². The number of carbonyl (C=O) groups excluding carboxylic acids is 2. The zero-order valence-electron chi connectivity index (χ0n) is 18.7. The van der Waals surface area contributed by atoms with Crippen molar-refractivity contribution in [2.75, 3.05) is 11.9 Å². The van der Waals surface area contributed by atoms with Gasteiger partial charge in [-0.1, -0.05) is 18.2 Å². The van der Waals surface area contributed by atoms with Crippen molar-refractivity contribution in [3.05, 3.63) is 77.6 Å². The number of esters is 1. The van der Waals surface area contributed by atoms with Crippen molar-refractivity contribution in [1.82, 2.24) is 9.78 Å². The number of aryl methyl sites for hydroxylation is 1. The summed E-state index contributed by atoms with van der Waals surface area (Å²) in [6.45, 7) is 7.81. The van der Waals surface area contributed by atoms with Gasteiger partial charge < -0.3 is 14.8 Å². The summed E-state index contributed by atoms with van der Waals surface area (Å²) in [7, 11) is 0. The molecule has 2 aromatic carbocycles. The molecule has 0 aliphatic heterocycles. The SMILES string of the molecule is CCOc1ccc(NC(=O)C(C)OC(=O)/C=C/c2c(C)nn(-c3ccccc3)c2C)cc1. The second-order valence-electron chi connectivity index (χ2n) is 7.19. The Morgan fingerprint density at radius 1 is 1.09 bits per heavy atom. The minimum absolute atomic E-state index is 0.417. The normalized spacial score (nSPS) is 11.9. The predicted molar refractivity (Wildman–Crippen MR) is 124 cm³/mol. The fourth-order valence-corrected chi connectivity index (χ4v) is 3.18. The van der Waals surface area contributed by atoms with Crippen LogP contribution in [-0.4, -0.2) is 34.4 Å². The Morgan fingerprint density at radius 3 is 2.44 bits per heavy atom. The molecule has 1 amide bonds. The maximum Gasteiger partial charge on any atom is 0.331 e. The minimum atomic E-state index is -0.951. The van der Waals surface area contributed by atoms with E-state index >= 15 is 0 Å². The van der Waals surface area contributed by atoms with Crippen LogP contribution in [0.2, 0.25) is 0 Å². The molecule has 1 unspecified atom stereocenters. The molecule has 1 heterocycles. The number of benzene rings is 2. The molecule has 3 rings (SSSR count). The second-order valence-corrected chi connectivity index (χ2v) is 7.19. The van der Waals surface area contributed by atoms with E-state index in [0.717, 1.165) is 28.4 Å². The van der Waals surface area contributed by atoms with Gasteiger partial charge in [-0.05, 0) is 70.2 Å². The summed E-state index contributed by atoms with van der Waals surface area (Å²) in [6, 6.07) is 16.7. The summed E-state index contributed by atoms with van der Waals surface area (Å²) in [4.78, 5) is 24.6. The summed E-state index contributed by atoms with van der Waals surface area (Å²) in [5.74, 6) is -0.304. The molecular formula is C25H27N3O4. The van der Waals surface area contributed by atoms with Gasteiger partial charge in [0.25, 0.3) is 5.91 Å². The van der Waals surface area contributed by atoms with Crippen LogP contribution in [0.3, 0.4) is 0 Å². The fourth-order valence-electron chi connectivity index (χ4n) is 3.18. The Balaban J connectivity index is 1.60. The molecule has 0 saturated heterocycles. The van der Waals surface area contributed by atoms with E-state index in [9.17, 15) is 9.59 Å². The first-order valence-electron chi connectivity index (χ1n) is 10.4. The van der Waals surface area contributed by atoms with Crippen molar-refractivity contribution < 1.29 is 19.1 Å². The third-order valence-electron chi connectivity index (χ3n) is 4.83. The number of amides is 1. The number of hydrogen-bond acceptors (Lipinski definition) is 5. The molecule has 7 heteroatoms. The van der Waals surface area contributed by atoms with Crippen LogP contribution in [0.15, 0.2) is 60.7 Å². The van der Waals surface area contributed by atoms with Crippen LogP contribution in [0.4, 0.5) is 5.69 Å². The standard InChI is InChI=1S/C25H27N3O4/c1-5-31-22-13-11-20(12-14-22)26-25(30)19(4)32-24(29)16-15-23-17(2)27-28(18(23)3)21-9-7-6-8-10-21/h6-16,19H,5H2,1-4H3,(H,26,30)/b16-15+. The Labute approximate surface area is 187 Å². The van der Waals surface area contributed by atoms with Gasteiger partial charge in [0.1, 0.15) is 5.75 Å². The summed E-state index contributed by atoms with van der Waals surface area (Å²) >= 11 is 0. The average Bonchev–Trinajstić information content (AvgIpc) is 3.07. The molecule has 1 atom stereocenters. The minimum Gasteiger partial charge on any atom is -0.494 e. The van der Waals surface area contributed by atoms with Gasteiger partial charge in [0.2, 0.25) is 0 Å². The van der Waals surface area contributed by atoms with Crippen LogP contribution in [0.1, 0.15) is 30.8 Å². The third kappa shape index (κ3) is 5.63. The Bertz CT molecular complexity index is 1100. The fraction of sp³-hybridized carbons (Fsp3) is 0.240. The topological polar surface area (TPSA) is 82.4 Å². The highest BCUT2D eigenvalue weighted by Gasteiger charge is 2.17. The quantitative estimate of drug-likeness (QED) is 0.419. The van der Waals surface area contributed by atoms with E-state index in [1.807, 2.05) is 55.8 Å². The molecule has 0 radical (unpaired) electrons. The lowest BCUT2D eigenvalue weighted by atomic mass is 10.2. The van der Waals surface area contributed by atoms with E-state index in [0.29, 0.717) is 12.3 Å². The number of ether oxygens (including phenoxy) is 2. The first kappa shape index (κ1) is 22.8. The van der Waals surface area contributed by atoms with Crippen molar-refractivity contribution >= 4 is 23.6 Å². The van der Waals surface area contributed by atoms with Gasteiger partial charge in [-0.2, -0.15) is 5.10 Å². The van der Waals surface area contributed by atoms with E-state index in [4.69, 9.17) is 9.47 Å². The van der Waals surface area contributed by atoms with Gasteiger partial charge in [-0.15, -0.1) is 0 Å². The number of carbonyl (C=O) groups is 2. The number of rotatable bonds is 8. The molecule has 7 nitrogen and oxygen atoms in total. The largest absolute Gasteiger partial charge is 0.494 e. The summed E-state index contributed by atoms with van der Waals surface area (Å²) in [5, 5.41) is 7.27. The number of hydrogen-bond donors (Lipinski definition) is 1. The van der Waals surface area contributed by atoms with E-state index in [1.54, 1.807) is 30.3 Å². The van der Waals surface area contributed by atoms with Gasteiger partial charge in [0.15, 0.2) is 6.10 Å². The zero-order chi connectivity index (χ0) is 23.1. The first-order valence-corrected chi connectivity index (χ1v) is 10.4. The average molecular weight is 434 g/mol. The first-order chi connectivity index (χ1) is 15.4. The molecular weight excluding hydrogens is 406 g/mol. The van der Waals surface area contributed by atoms with Crippen molar-refractivity contribution in [2.45, 2.75) is 33.8 Å². The van der Waals surface area contributed by atoms with Crippen LogP contribution in [0.5, 0.6) is 5.75 Å². The monoisotopic (exact) mass is 433 g/mol. The van der Waals surface area contributed by atoms with Crippen LogP contribution >= 0.6 is 0 Å². The van der Waals surface area contributed by atoms with E-state index < -0.39 is 18.0 Å². The molecule has 0 saturated carbocycles. The lowest BCUT2D eigenvalue weighted by Crippen LogP contribution is -2.29. The number of aromatic nitrogens is 2. The highest BCUT2D eigenvalue weighted by Crippen LogP contribution is 2.19. The van der Waals surface area contributed by atoms with Gasteiger partial charge in [-0.25, -0.2) is 9.48 Å². The molecule has 1 aromatic heterocycles. The predicted octanol–water partition coefficient (Wildman–Crippen LogP) is 4.47. The molecule has 0 aliphatic rings. The Morgan fingerprint density at radius 2 is 1.78 bits per heavy atom. The lowest BCUT2D eigenvalue weighted by molar-refractivity contribution is -0.148. The van der Waals surface area contributed by atoms with Crippen molar-refractivity contribution in [2.24, 2.45) is 0 Å². The Hall–Kier alpha value is -3.87. The summed E-state index contributed by atoms with van der Waals surface area (Å²) < 4.78 is 12.5. The maximum absolute atomic E-state index is 12.3. The molecule has 166 valence electrons. The molecule has 32 heavy (non-hydrogen) atoms. The van der Waals surface area contributed by atoms with Crippen LogP contribution in [-0.2, 0) is 14.3 Å². The van der Waals surface area contributed by atoms with Gasteiger partial charge >= 0.3 is 5.97 Å². The van der Waals surface area contributed by atoms with Gasteiger partial charge in [0, 0.05) is 23.0 Å². The van der Waals surface area contributed by atoms with Gasteiger partial charge in [0.05, 0.1) is 18.0 Å². The molecule has 1 N–H and O–H groups in total. The van der Waals surface area contributed by atoms with Crippen molar-refractivity contribution in [3.63, 3.8) is 0 Å². The lowest BCUT2D eigenvalue weighted by Gasteiger charge is -2.12. The number of anilines is 1. The van der Waals surface area contributed by atoms with Crippen LogP contribution in [0, 0.1) is 13.8 Å². The van der Waals surface area contributed by atoms with Crippen LogP contribution in [0.25, 0.3) is 11.8 Å². The summed E-state index contributed by atoms with van der Waals surface area (Å²) in [5.41, 5.74) is 4.06. The molecule has 0 aliphatic carbocycles. The zero-order valence-corrected chi connectivity index (χ0v) is 18.7. The highest BCUT2D eigenvalue weighted by atomic mass is 16.5. The number of nitrogens with zero attached hydrogens (tertiary/aromatic N) is 2. The summed E-state index contributed by atoms with van der Waals surface area (Å²) in [6.07, 6.45) is 2.02. The number of nitrogens with one attached hydrogen (secondary N) is 1. The van der Waals surface area contributed by atoms with Crippen molar-refractivity contribution in [3.8, 4) is 11.4 Å². The van der Waals surface area contributed by atoms with Crippen LogP contribution < -0.4 is 10.1 Å². The van der Waals surface area contributed by atoms with Crippen molar-refractivity contribution in [1.29, 1.82) is 0 Å². The molecule has 3 aromatic rings. The highest BCUT2D eigenvalue weighted by molar-refractivity contribution is 5.96. The molecule has 0 fully saturated rings. The third-order valence-corrected chi connectivity index (χ3v) is 4.83. The second kappa shape index (κ2) is 10.4.